The number of aromatic nitrogens is 3. The highest BCUT2D eigenvalue weighted by atomic mass is 16.1. The van der Waals surface area contributed by atoms with Crippen molar-refractivity contribution in [1.29, 1.82) is 0 Å². The molecule has 1 aromatic carbocycles. The van der Waals surface area contributed by atoms with E-state index in [-0.39, 0.29) is 5.91 Å². The SMILES string of the molecule is CC.Nc1n[nH]c2ccc(/C=C/C(=O)NCc3cccnc3)cc12. The fraction of sp³-hybridized carbons (Fsp3) is 0.167. The standard InChI is InChI=1S/C16H15N5O.C2H6/c17-16-13-8-11(3-5-14(13)20-21-16)4-6-15(22)19-10-12-2-1-7-18-9-12;1-2/h1-9H,10H2,(H,19,22)(H3,17,20,21);1-2H3/b6-4+;. The summed E-state index contributed by atoms with van der Waals surface area (Å²) in [4.78, 5) is 15.8. The van der Waals surface area contributed by atoms with Crippen LogP contribution in [0.15, 0.2) is 48.8 Å². The smallest absolute Gasteiger partial charge is 0.244 e. The van der Waals surface area contributed by atoms with Crippen molar-refractivity contribution < 1.29 is 4.79 Å². The minimum Gasteiger partial charge on any atom is -0.382 e. The average Bonchev–Trinajstić information content (AvgIpc) is 3.01. The summed E-state index contributed by atoms with van der Waals surface area (Å²) < 4.78 is 0. The topological polar surface area (TPSA) is 96.7 Å². The first-order chi connectivity index (χ1) is 11.7. The molecule has 2 aromatic heterocycles. The zero-order chi connectivity index (χ0) is 17.4. The number of nitrogens with two attached hydrogens (primary N) is 1. The number of rotatable bonds is 4. The third kappa shape index (κ3) is 4.42. The van der Waals surface area contributed by atoms with E-state index in [1.807, 2.05) is 44.2 Å². The van der Waals surface area contributed by atoms with E-state index in [2.05, 4.69) is 20.5 Å². The Morgan fingerprint density at radius 2 is 2.17 bits per heavy atom. The second-order valence-corrected chi connectivity index (χ2v) is 4.83. The van der Waals surface area contributed by atoms with Gasteiger partial charge in [-0.15, -0.1) is 0 Å². The van der Waals surface area contributed by atoms with Gasteiger partial charge in [-0.3, -0.25) is 14.9 Å². The second-order valence-electron chi connectivity index (χ2n) is 4.83. The molecule has 0 aliphatic heterocycles. The zero-order valence-corrected chi connectivity index (χ0v) is 13.8. The Balaban J connectivity index is 0.00000100. The van der Waals surface area contributed by atoms with Crippen LogP contribution in [0.25, 0.3) is 17.0 Å². The van der Waals surface area contributed by atoms with Gasteiger partial charge in [0.05, 0.1) is 5.52 Å². The van der Waals surface area contributed by atoms with Crippen LogP contribution in [0.1, 0.15) is 25.0 Å². The van der Waals surface area contributed by atoms with Crippen LogP contribution in [0.2, 0.25) is 0 Å². The molecular weight excluding hydrogens is 302 g/mol. The fourth-order valence-corrected chi connectivity index (χ4v) is 2.08. The Labute approximate surface area is 140 Å². The van der Waals surface area contributed by atoms with Gasteiger partial charge in [0.25, 0.3) is 0 Å². The maximum Gasteiger partial charge on any atom is 0.244 e. The van der Waals surface area contributed by atoms with E-state index >= 15 is 0 Å². The van der Waals surface area contributed by atoms with Crippen LogP contribution in [-0.2, 0) is 11.3 Å². The first kappa shape index (κ1) is 17.2. The van der Waals surface area contributed by atoms with Crippen molar-refractivity contribution in [2.75, 3.05) is 5.73 Å². The Hall–Kier alpha value is -3.15. The molecule has 0 aliphatic carbocycles. The van der Waals surface area contributed by atoms with Crippen LogP contribution < -0.4 is 11.1 Å². The van der Waals surface area contributed by atoms with Crippen molar-refractivity contribution in [2.24, 2.45) is 0 Å². The van der Waals surface area contributed by atoms with E-state index in [0.29, 0.717) is 12.4 Å². The molecule has 0 spiro atoms. The van der Waals surface area contributed by atoms with Crippen molar-refractivity contribution in [1.82, 2.24) is 20.5 Å². The summed E-state index contributed by atoms with van der Waals surface area (Å²) in [7, 11) is 0. The predicted molar refractivity (Wildman–Crippen MR) is 97.0 cm³/mol. The Morgan fingerprint density at radius 3 is 2.92 bits per heavy atom. The van der Waals surface area contributed by atoms with Gasteiger partial charge in [0.15, 0.2) is 5.82 Å². The summed E-state index contributed by atoms with van der Waals surface area (Å²) in [5, 5.41) is 10.4. The van der Waals surface area contributed by atoms with Crippen LogP contribution in [0.4, 0.5) is 5.82 Å². The maximum absolute atomic E-state index is 11.8. The van der Waals surface area contributed by atoms with E-state index < -0.39 is 0 Å². The number of carbonyl (C=O) groups is 1. The maximum atomic E-state index is 11.8. The molecular formula is C18H21N5O. The Bertz CT molecular complexity index is 824. The molecule has 6 nitrogen and oxygen atoms in total. The van der Waals surface area contributed by atoms with Gasteiger partial charge in [0.2, 0.25) is 5.91 Å². The summed E-state index contributed by atoms with van der Waals surface area (Å²) >= 11 is 0. The molecule has 3 aromatic rings. The fourth-order valence-electron chi connectivity index (χ4n) is 2.08. The van der Waals surface area contributed by atoms with E-state index in [4.69, 9.17) is 5.73 Å². The molecule has 6 heteroatoms. The number of pyridine rings is 1. The minimum absolute atomic E-state index is 0.163. The summed E-state index contributed by atoms with van der Waals surface area (Å²) in [5.41, 5.74) is 8.47. The molecule has 24 heavy (non-hydrogen) atoms. The quantitative estimate of drug-likeness (QED) is 0.643. The van der Waals surface area contributed by atoms with Crippen molar-refractivity contribution in [2.45, 2.75) is 20.4 Å². The zero-order valence-electron chi connectivity index (χ0n) is 13.8. The van der Waals surface area contributed by atoms with Crippen molar-refractivity contribution in [3.63, 3.8) is 0 Å². The molecule has 0 saturated heterocycles. The molecule has 0 saturated carbocycles. The van der Waals surface area contributed by atoms with Gasteiger partial charge in [-0.1, -0.05) is 26.0 Å². The van der Waals surface area contributed by atoms with Crippen molar-refractivity contribution >= 4 is 28.7 Å². The van der Waals surface area contributed by atoms with Crippen LogP contribution in [0, 0.1) is 0 Å². The monoisotopic (exact) mass is 323 g/mol. The van der Waals surface area contributed by atoms with E-state index in [1.54, 1.807) is 18.5 Å². The molecule has 0 atom stereocenters. The highest BCUT2D eigenvalue weighted by Gasteiger charge is 2.02. The van der Waals surface area contributed by atoms with Crippen LogP contribution >= 0.6 is 0 Å². The lowest BCUT2D eigenvalue weighted by Crippen LogP contribution is -2.20. The van der Waals surface area contributed by atoms with E-state index in [1.165, 1.54) is 6.08 Å². The lowest BCUT2D eigenvalue weighted by Gasteiger charge is -2.01. The molecule has 4 N–H and O–H groups in total. The number of amides is 1. The molecule has 3 rings (SSSR count). The van der Waals surface area contributed by atoms with Gasteiger partial charge >= 0.3 is 0 Å². The molecule has 0 unspecified atom stereocenters. The number of hydrogen-bond donors (Lipinski definition) is 3. The number of H-pyrrole nitrogens is 1. The number of nitrogens with one attached hydrogen (secondary N) is 2. The lowest BCUT2D eigenvalue weighted by molar-refractivity contribution is -0.116. The third-order valence-corrected chi connectivity index (χ3v) is 3.23. The highest BCUT2D eigenvalue weighted by Crippen LogP contribution is 2.19. The van der Waals surface area contributed by atoms with Crippen LogP contribution in [-0.4, -0.2) is 21.1 Å². The Morgan fingerprint density at radius 1 is 1.33 bits per heavy atom. The third-order valence-electron chi connectivity index (χ3n) is 3.23. The summed E-state index contributed by atoms with van der Waals surface area (Å²) in [5.74, 6) is 0.287. The van der Waals surface area contributed by atoms with Crippen LogP contribution in [0.5, 0.6) is 0 Å². The van der Waals surface area contributed by atoms with Gasteiger partial charge in [-0.25, -0.2) is 0 Å². The van der Waals surface area contributed by atoms with Gasteiger partial charge < -0.3 is 11.1 Å². The number of benzene rings is 1. The number of anilines is 1. The lowest BCUT2D eigenvalue weighted by atomic mass is 10.1. The summed E-state index contributed by atoms with van der Waals surface area (Å²) in [6, 6.07) is 9.41. The Kier molecular flexibility index (Phi) is 6.08. The summed E-state index contributed by atoms with van der Waals surface area (Å²) in [6.45, 7) is 4.45. The highest BCUT2D eigenvalue weighted by molar-refractivity contribution is 5.94. The van der Waals surface area contributed by atoms with Gasteiger partial charge in [0.1, 0.15) is 0 Å². The first-order valence-corrected chi connectivity index (χ1v) is 7.81. The molecule has 0 aliphatic rings. The van der Waals surface area contributed by atoms with E-state index in [9.17, 15) is 4.79 Å². The summed E-state index contributed by atoms with van der Waals surface area (Å²) in [6.07, 6.45) is 6.65. The molecule has 1 amide bonds. The largest absolute Gasteiger partial charge is 0.382 e. The number of carbonyl (C=O) groups excluding carboxylic acids is 1. The van der Waals surface area contributed by atoms with Gasteiger partial charge in [-0.05, 0) is 35.4 Å². The van der Waals surface area contributed by atoms with Gasteiger partial charge in [-0.2, -0.15) is 5.10 Å². The normalized spacial score (nSPS) is 10.4. The van der Waals surface area contributed by atoms with Gasteiger partial charge in [0, 0.05) is 30.4 Å². The second kappa shape index (κ2) is 8.47. The number of fused-ring (bicyclic) bond motifs is 1. The first-order valence-electron chi connectivity index (χ1n) is 7.81. The molecule has 124 valence electrons. The van der Waals surface area contributed by atoms with E-state index in [0.717, 1.165) is 22.0 Å². The number of nitrogens with zero attached hydrogens (tertiary/aromatic N) is 2. The average molecular weight is 323 g/mol. The number of nitrogen functional groups attached to an aromatic ring is 1. The molecule has 2 heterocycles. The van der Waals surface area contributed by atoms with Crippen molar-refractivity contribution in [3.8, 4) is 0 Å². The minimum atomic E-state index is -0.163. The predicted octanol–water partition coefficient (Wildman–Crippen LogP) is 2.90. The van der Waals surface area contributed by atoms with Crippen molar-refractivity contribution in [3.05, 3.63) is 59.9 Å². The van der Waals surface area contributed by atoms with Crippen LogP contribution in [0.3, 0.4) is 0 Å². The molecule has 0 radical (unpaired) electrons. The number of hydrogen-bond acceptors (Lipinski definition) is 4. The molecule has 0 fully saturated rings. The molecule has 0 bridgehead atoms. The number of aromatic amines is 1.